The summed E-state index contributed by atoms with van der Waals surface area (Å²) in [5.74, 6) is -0.206. The molecule has 0 radical (unpaired) electrons. The van der Waals surface area contributed by atoms with E-state index in [0.29, 0.717) is 0 Å². The number of anilines is 1. The van der Waals surface area contributed by atoms with Crippen molar-refractivity contribution in [3.63, 3.8) is 0 Å². The highest BCUT2D eigenvalue weighted by Crippen LogP contribution is 2.30. The number of fused-ring (bicyclic) bond motifs is 1. The van der Waals surface area contributed by atoms with E-state index < -0.39 is 5.37 Å². The third-order valence-corrected chi connectivity index (χ3v) is 4.15. The molecule has 0 unspecified atom stereocenters. The van der Waals surface area contributed by atoms with Crippen LogP contribution in [0.2, 0.25) is 0 Å². The van der Waals surface area contributed by atoms with Crippen LogP contribution in [0.3, 0.4) is 0 Å². The first-order valence-corrected chi connectivity index (χ1v) is 6.77. The number of hydrogen-bond acceptors (Lipinski definition) is 4. The van der Waals surface area contributed by atoms with Crippen molar-refractivity contribution >= 4 is 39.4 Å². The summed E-state index contributed by atoms with van der Waals surface area (Å²) in [6.45, 7) is 0. The van der Waals surface area contributed by atoms with Crippen LogP contribution in [-0.4, -0.2) is 28.5 Å². The molecule has 1 N–H and O–H groups in total. The number of rotatable bonds is 2. The fraction of sp³-hybridized carbons (Fsp3) is 0.143. The van der Waals surface area contributed by atoms with Gasteiger partial charge in [0.15, 0.2) is 5.37 Å². The summed E-state index contributed by atoms with van der Waals surface area (Å²) in [5.41, 5.74) is 0.868. The maximum absolute atomic E-state index is 11.9. The Morgan fingerprint density at radius 2 is 1.84 bits per heavy atom. The van der Waals surface area contributed by atoms with Gasteiger partial charge < -0.3 is 5.32 Å². The van der Waals surface area contributed by atoms with Crippen molar-refractivity contribution in [3.8, 4) is 0 Å². The van der Waals surface area contributed by atoms with E-state index in [-0.39, 0.29) is 11.1 Å². The van der Waals surface area contributed by atoms with Gasteiger partial charge in [-0.15, -0.1) is 0 Å². The molecular weight excluding hydrogens is 260 g/mol. The zero-order valence-corrected chi connectivity index (χ0v) is 11.1. The van der Waals surface area contributed by atoms with Crippen molar-refractivity contribution in [1.82, 2.24) is 4.90 Å². The third-order valence-electron chi connectivity index (χ3n) is 3.12. The van der Waals surface area contributed by atoms with Crippen LogP contribution < -0.4 is 5.32 Å². The van der Waals surface area contributed by atoms with Crippen molar-refractivity contribution in [1.29, 1.82) is 0 Å². The Kier molecular flexibility index (Phi) is 2.91. The molecule has 2 aromatic rings. The average Bonchev–Trinajstić information content (AvgIpc) is 2.67. The van der Waals surface area contributed by atoms with E-state index in [4.69, 9.17) is 0 Å². The molecule has 2 aromatic carbocycles. The molecule has 0 saturated carbocycles. The topological polar surface area (TPSA) is 49.4 Å². The van der Waals surface area contributed by atoms with Gasteiger partial charge in [-0.1, -0.05) is 36.4 Å². The number of hydrogen-bond donors (Lipinski definition) is 1. The van der Waals surface area contributed by atoms with E-state index in [1.165, 1.54) is 7.05 Å². The molecule has 0 aromatic heterocycles. The van der Waals surface area contributed by atoms with E-state index in [1.807, 2.05) is 42.5 Å². The molecule has 0 bridgehead atoms. The Bertz CT molecular complexity index is 666. The predicted octanol–water partition coefficient (Wildman–Crippen LogP) is 2.90. The lowest BCUT2D eigenvalue weighted by atomic mass is 10.1. The van der Waals surface area contributed by atoms with Gasteiger partial charge in [0.2, 0.25) is 0 Å². The van der Waals surface area contributed by atoms with Gasteiger partial charge in [0.1, 0.15) is 0 Å². The molecule has 1 heterocycles. The summed E-state index contributed by atoms with van der Waals surface area (Å²) in [6, 6.07) is 13.8. The van der Waals surface area contributed by atoms with Gasteiger partial charge in [0.25, 0.3) is 11.1 Å². The van der Waals surface area contributed by atoms with Crippen molar-refractivity contribution in [2.45, 2.75) is 5.37 Å². The van der Waals surface area contributed by atoms with Crippen LogP contribution in [0.15, 0.2) is 42.5 Å². The summed E-state index contributed by atoms with van der Waals surface area (Å²) >= 11 is 1.01. The molecule has 2 amide bonds. The highest BCUT2D eigenvalue weighted by Gasteiger charge is 2.37. The number of nitrogens with zero attached hydrogens (tertiary/aromatic N) is 1. The zero-order valence-electron chi connectivity index (χ0n) is 10.3. The predicted molar refractivity (Wildman–Crippen MR) is 77.1 cm³/mol. The molecule has 1 atom stereocenters. The number of carbonyl (C=O) groups is 2. The van der Waals surface area contributed by atoms with Gasteiger partial charge in [-0.05, 0) is 23.2 Å². The van der Waals surface area contributed by atoms with Crippen molar-refractivity contribution in [3.05, 3.63) is 42.5 Å². The average molecular weight is 272 g/mol. The summed E-state index contributed by atoms with van der Waals surface area (Å²) in [4.78, 5) is 24.5. The molecule has 1 fully saturated rings. The first-order valence-electron chi connectivity index (χ1n) is 5.89. The summed E-state index contributed by atoms with van der Waals surface area (Å²) in [5, 5.41) is 4.53. The number of carbonyl (C=O) groups excluding carboxylic acids is 2. The van der Waals surface area contributed by atoms with Crippen LogP contribution in [0.1, 0.15) is 0 Å². The second kappa shape index (κ2) is 4.59. The number of nitrogens with one attached hydrogen (secondary N) is 1. The molecule has 4 nitrogen and oxygen atoms in total. The molecule has 5 heteroatoms. The highest BCUT2D eigenvalue weighted by atomic mass is 32.2. The van der Waals surface area contributed by atoms with E-state index in [0.717, 1.165) is 33.1 Å². The Labute approximate surface area is 114 Å². The first-order chi connectivity index (χ1) is 9.16. The van der Waals surface area contributed by atoms with Gasteiger partial charge in [0.05, 0.1) is 0 Å². The number of benzene rings is 2. The van der Waals surface area contributed by atoms with Crippen LogP contribution in [0, 0.1) is 0 Å². The van der Waals surface area contributed by atoms with Crippen molar-refractivity contribution in [2.24, 2.45) is 0 Å². The molecule has 0 aliphatic carbocycles. The minimum Gasteiger partial charge on any atom is -0.365 e. The molecule has 1 saturated heterocycles. The van der Waals surface area contributed by atoms with Gasteiger partial charge in [-0.2, -0.15) is 0 Å². The molecule has 1 aliphatic rings. The number of imide groups is 1. The van der Waals surface area contributed by atoms with Gasteiger partial charge in [-0.25, -0.2) is 0 Å². The quantitative estimate of drug-likeness (QED) is 0.913. The standard InChI is InChI=1S/C14H12N2O2S/c1-16-13(17)12(19-14(16)18)15-11-8-4-6-9-5-2-3-7-10(9)11/h2-8,12,15H,1H3/t12-/m0/s1. The number of thioether (sulfide) groups is 1. The van der Waals surface area contributed by atoms with E-state index in [9.17, 15) is 9.59 Å². The largest absolute Gasteiger partial charge is 0.365 e. The minimum atomic E-state index is -0.539. The number of likely N-dealkylation sites (N-methyl/N-ethyl adjacent to an activating group) is 1. The third kappa shape index (κ3) is 2.06. The summed E-state index contributed by atoms with van der Waals surface area (Å²) < 4.78 is 0. The van der Waals surface area contributed by atoms with Crippen molar-refractivity contribution in [2.75, 3.05) is 12.4 Å². The second-order valence-electron chi connectivity index (χ2n) is 4.33. The molecule has 19 heavy (non-hydrogen) atoms. The molecular formula is C14H12N2O2S. The zero-order chi connectivity index (χ0) is 13.4. The molecule has 96 valence electrons. The summed E-state index contributed by atoms with van der Waals surface area (Å²) in [6.07, 6.45) is 0. The van der Waals surface area contributed by atoms with Gasteiger partial charge in [0, 0.05) is 18.1 Å². The lowest BCUT2D eigenvalue weighted by molar-refractivity contribution is -0.125. The van der Waals surface area contributed by atoms with Crippen LogP contribution >= 0.6 is 11.8 Å². The first kappa shape index (κ1) is 12.0. The van der Waals surface area contributed by atoms with Crippen molar-refractivity contribution < 1.29 is 9.59 Å². The van der Waals surface area contributed by atoms with Gasteiger partial charge >= 0.3 is 0 Å². The molecule has 3 rings (SSSR count). The monoisotopic (exact) mass is 272 g/mol. The van der Waals surface area contributed by atoms with Crippen LogP contribution in [-0.2, 0) is 4.79 Å². The normalized spacial score (nSPS) is 19.2. The van der Waals surface area contributed by atoms with Crippen LogP contribution in [0.5, 0.6) is 0 Å². The Hall–Kier alpha value is -2.01. The maximum atomic E-state index is 11.9. The summed E-state index contributed by atoms with van der Waals surface area (Å²) in [7, 11) is 1.50. The SMILES string of the molecule is CN1C(=O)S[C@H](Nc2cccc3ccccc23)C1=O. The van der Waals surface area contributed by atoms with Crippen LogP contribution in [0.4, 0.5) is 10.5 Å². The maximum Gasteiger partial charge on any atom is 0.290 e. The lowest BCUT2D eigenvalue weighted by Crippen LogP contribution is -2.31. The Balaban J connectivity index is 1.94. The smallest absolute Gasteiger partial charge is 0.290 e. The van der Waals surface area contributed by atoms with E-state index in [1.54, 1.807) is 0 Å². The van der Waals surface area contributed by atoms with Gasteiger partial charge in [-0.3, -0.25) is 14.5 Å². The van der Waals surface area contributed by atoms with E-state index in [2.05, 4.69) is 5.32 Å². The number of amides is 2. The van der Waals surface area contributed by atoms with E-state index >= 15 is 0 Å². The minimum absolute atomic E-state index is 0.206. The Morgan fingerprint density at radius 3 is 2.58 bits per heavy atom. The molecule has 0 spiro atoms. The fourth-order valence-corrected chi connectivity index (χ4v) is 2.97. The fourth-order valence-electron chi connectivity index (χ4n) is 2.08. The second-order valence-corrected chi connectivity index (χ2v) is 5.39. The Morgan fingerprint density at radius 1 is 1.11 bits per heavy atom. The lowest BCUT2D eigenvalue weighted by Gasteiger charge is -2.13. The van der Waals surface area contributed by atoms with Crippen LogP contribution in [0.25, 0.3) is 10.8 Å². The molecule has 1 aliphatic heterocycles. The highest BCUT2D eigenvalue weighted by molar-refractivity contribution is 8.15.